The van der Waals surface area contributed by atoms with Crippen molar-refractivity contribution in [3.63, 3.8) is 0 Å². The Balaban J connectivity index is 2.41. The van der Waals surface area contributed by atoms with Crippen molar-refractivity contribution in [3.05, 3.63) is 41.1 Å². The van der Waals surface area contributed by atoms with Gasteiger partial charge in [-0.2, -0.15) is 0 Å². The molecule has 110 valence electrons. The summed E-state index contributed by atoms with van der Waals surface area (Å²) in [5.41, 5.74) is 2.01. The molecule has 6 heteroatoms. The van der Waals surface area contributed by atoms with Crippen molar-refractivity contribution in [3.8, 4) is 0 Å². The molecule has 0 fully saturated rings. The zero-order valence-electron chi connectivity index (χ0n) is 12.4. The van der Waals surface area contributed by atoms with Crippen LogP contribution in [-0.4, -0.2) is 26.0 Å². The van der Waals surface area contributed by atoms with Crippen LogP contribution < -0.4 is 0 Å². The van der Waals surface area contributed by atoms with Crippen LogP contribution in [0, 0.1) is 13.8 Å². The van der Waals surface area contributed by atoms with E-state index in [4.69, 9.17) is 0 Å². The number of rotatable bonds is 4. The van der Waals surface area contributed by atoms with Crippen molar-refractivity contribution in [2.45, 2.75) is 43.5 Å². The molecule has 2 aromatic heterocycles. The number of aromatic nitrogens is 3. The van der Waals surface area contributed by atoms with Crippen LogP contribution >= 0.6 is 11.8 Å². The van der Waals surface area contributed by atoms with Crippen LogP contribution in [0.15, 0.2) is 28.3 Å². The number of carbonyl (C=O) groups is 1. The molecule has 0 aliphatic carbocycles. The zero-order valence-corrected chi connectivity index (χ0v) is 13.2. The molecule has 2 aromatic rings. The standard InChI is InChI=1S/C15H17N3O2S/c1-8(2)14-16-7-11(13(18-14)15(19)20)21-12-6-9(3)5-10(4)17-12/h5-8H,1-4H3,(H,19,20). The van der Waals surface area contributed by atoms with Crippen molar-refractivity contribution in [2.75, 3.05) is 0 Å². The molecule has 5 nitrogen and oxygen atoms in total. The third-order valence-corrected chi connectivity index (χ3v) is 3.72. The van der Waals surface area contributed by atoms with E-state index >= 15 is 0 Å². The molecule has 0 radical (unpaired) electrons. The van der Waals surface area contributed by atoms with Gasteiger partial charge in [0.2, 0.25) is 0 Å². The largest absolute Gasteiger partial charge is 0.476 e. The highest BCUT2D eigenvalue weighted by Crippen LogP contribution is 2.29. The van der Waals surface area contributed by atoms with Crippen LogP contribution in [0.25, 0.3) is 0 Å². The predicted octanol–water partition coefficient (Wildman–Crippen LogP) is 3.46. The van der Waals surface area contributed by atoms with Crippen LogP contribution in [0.5, 0.6) is 0 Å². The fourth-order valence-electron chi connectivity index (χ4n) is 1.86. The van der Waals surface area contributed by atoms with E-state index in [1.54, 1.807) is 6.20 Å². The van der Waals surface area contributed by atoms with Gasteiger partial charge in [-0.25, -0.2) is 19.7 Å². The van der Waals surface area contributed by atoms with E-state index in [1.807, 2.05) is 39.8 Å². The maximum Gasteiger partial charge on any atom is 0.355 e. The molecule has 0 bridgehead atoms. The maximum absolute atomic E-state index is 11.4. The van der Waals surface area contributed by atoms with Gasteiger partial charge in [-0.3, -0.25) is 0 Å². The van der Waals surface area contributed by atoms with Crippen LogP contribution in [0.2, 0.25) is 0 Å². The fraction of sp³-hybridized carbons (Fsp3) is 0.333. The first-order valence-electron chi connectivity index (χ1n) is 6.60. The number of aryl methyl sites for hydroxylation is 2. The van der Waals surface area contributed by atoms with Crippen molar-refractivity contribution in [2.24, 2.45) is 0 Å². The van der Waals surface area contributed by atoms with Crippen molar-refractivity contribution >= 4 is 17.7 Å². The Kier molecular flexibility index (Phi) is 4.57. The third kappa shape index (κ3) is 3.78. The Labute approximate surface area is 127 Å². The van der Waals surface area contributed by atoms with Gasteiger partial charge in [0.05, 0.1) is 4.90 Å². The quantitative estimate of drug-likeness (QED) is 0.932. The van der Waals surface area contributed by atoms with E-state index in [0.717, 1.165) is 16.3 Å². The summed E-state index contributed by atoms with van der Waals surface area (Å²) in [7, 11) is 0. The molecule has 0 aliphatic rings. The minimum Gasteiger partial charge on any atom is -0.476 e. The molecule has 2 rings (SSSR count). The Hall–Kier alpha value is -1.95. The number of nitrogens with zero attached hydrogens (tertiary/aromatic N) is 3. The van der Waals surface area contributed by atoms with E-state index in [1.165, 1.54) is 11.8 Å². The lowest BCUT2D eigenvalue weighted by atomic mass is 10.2. The number of hydrogen-bond acceptors (Lipinski definition) is 5. The highest BCUT2D eigenvalue weighted by molar-refractivity contribution is 7.99. The van der Waals surface area contributed by atoms with E-state index in [2.05, 4.69) is 15.0 Å². The van der Waals surface area contributed by atoms with Crippen molar-refractivity contribution in [1.82, 2.24) is 15.0 Å². The second-order valence-electron chi connectivity index (χ2n) is 5.13. The van der Waals surface area contributed by atoms with Gasteiger partial charge in [0.1, 0.15) is 10.9 Å². The van der Waals surface area contributed by atoms with E-state index < -0.39 is 5.97 Å². The summed E-state index contributed by atoms with van der Waals surface area (Å²) in [6, 6.07) is 3.89. The Morgan fingerprint density at radius 3 is 2.52 bits per heavy atom. The van der Waals surface area contributed by atoms with Crippen molar-refractivity contribution in [1.29, 1.82) is 0 Å². The second-order valence-corrected chi connectivity index (χ2v) is 6.19. The average molecular weight is 303 g/mol. The summed E-state index contributed by atoms with van der Waals surface area (Å²) in [5, 5.41) is 10.1. The van der Waals surface area contributed by atoms with Crippen molar-refractivity contribution < 1.29 is 9.90 Å². The zero-order chi connectivity index (χ0) is 15.6. The summed E-state index contributed by atoms with van der Waals surface area (Å²) < 4.78 is 0. The summed E-state index contributed by atoms with van der Waals surface area (Å²) in [4.78, 5) is 24.7. The second kappa shape index (κ2) is 6.22. The first-order valence-corrected chi connectivity index (χ1v) is 7.42. The van der Waals surface area contributed by atoms with Gasteiger partial charge in [-0.05, 0) is 31.5 Å². The van der Waals surface area contributed by atoms with Gasteiger partial charge in [-0.15, -0.1) is 0 Å². The molecular weight excluding hydrogens is 286 g/mol. The monoisotopic (exact) mass is 303 g/mol. The SMILES string of the molecule is Cc1cc(C)nc(Sc2cnc(C(C)C)nc2C(=O)O)c1. The normalized spacial score (nSPS) is 10.9. The van der Waals surface area contributed by atoms with Crippen LogP contribution in [0.3, 0.4) is 0 Å². The van der Waals surface area contributed by atoms with Gasteiger partial charge >= 0.3 is 5.97 Å². The van der Waals surface area contributed by atoms with Gasteiger partial charge in [0.25, 0.3) is 0 Å². The molecule has 0 saturated carbocycles. The molecule has 0 saturated heterocycles. The Bertz CT molecular complexity index is 666. The number of hydrogen-bond donors (Lipinski definition) is 1. The first kappa shape index (κ1) is 15.4. The summed E-state index contributed by atoms with van der Waals surface area (Å²) in [5.74, 6) is -0.433. The maximum atomic E-state index is 11.4. The lowest BCUT2D eigenvalue weighted by Crippen LogP contribution is -2.08. The van der Waals surface area contributed by atoms with Crippen LogP contribution in [-0.2, 0) is 0 Å². The smallest absolute Gasteiger partial charge is 0.355 e. The number of carboxylic acid groups (broad SMARTS) is 1. The van der Waals surface area contributed by atoms with Gasteiger partial charge in [0.15, 0.2) is 5.69 Å². The molecular formula is C15H17N3O2S. The fourth-order valence-corrected chi connectivity index (χ4v) is 2.85. The van der Waals surface area contributed by atoms with E-state index in [0.29, 0.717) is 10.7 Å². The number of aromatic carboxylic acids is 1. The Morgan fingerprint density at radius 2 is 1.95 bits per heavy atom. The van der Waals surface area contributed by atoms with Gasteiger partial charge < -0.3 is 5.11 Å². The minimum absolute atomic E-state index is 0.0275. The molecule has 21 heavy (non-hydrogen) atoms. The molecule has 2 heterocycles. The molecule has 0 unspecified atom stereocenters. The lowest BCUT2D eigenvalue weighted by Gasteiger charge is -2.09. The average Bonchev–Trinajstić information content (AvgIpc) is 2.37. The van der Waals surface area contributed by atoms with E-state index in [-0.39, 0.29) is 11.6 Å². The third-order valence-electron chi connectivity index (χ3n) is 2.78. The lowest BCUT2D eigenvalue weighted by molar-refractivity contribution is 0.0685. The first-order chi connectivity index (χ1) is 9.86. The summed E-state index contributed by atoms with van der Waals surface area (Å²) >= 11 is 1.27. The number of carboxylic acids is 1. The summed E-state index contributed by atoms with van der Waals surface area (Å²) in [6.45, 7) is 7.75. The van der Waals surface area contributed by atoms with Crippen LogP contribution in [0.4, 0.5) is 0 Å². The highest BCUT2D eigenvalue weighted by atomic mass is 32.2. The highest BCUT2D eigenvalue weighted by Gasteiger charge is 2.17. The number of pyridine rings is 1. The van der Waals surface area contributed by atoms with E-state index in [9.17, 15) is 9.90 Å². The molecule has 1 N–H and O–H groups in total. The molecule has 0 amide bonds. The molecule has 0 aromatic carbocycles. The molecule has 0 aliphatic heterocycles. The minimum atomic E-state index is -1.05. The van der Waals surface area contributed by atoms with Crippen LogP contribution in [0.1, 0.15) is 47.3 Å². The molecule has 0 spiro atoms. The van der Waals surface area contributed by atoms with Gasteiger partial charge in [0, 0.05) is 17.8 Å². The molecule has 0 atom stereocenters. The predicted molar refractivity (Wildman–Crippen MR) is 80.9 cm³/mol. The van der Waals surface area contributed by atoms with Gasteiger partial charge in [-0.1, -0.05) is 25.6 Å². The Morgan fingerprint density at radius 1 is 1.24 bits per heavy atom. The topological polar surface area (TPSA) is 76.0 Å². The summed E-state index contributed by atoms with van der Waals surface area (Å²) in [6.07, 6.45) is 1.57.